The molecular weight excluding hydrogens is 248 g/mol. The maximum atomic E-state index is 11.9. The summed E-state index contributed by atoms with van der Waals surface area (Å²) in [5, 5.41) is 13.2. The number of hydrogen-bond acceptors (Lipinski definition) is 5. The number of nitro groups is 1. The Morgan fingerprint density at radius 2 is 2.37 bits per heavy atom. The van der Waals surface area contributed by atoms with E-state index in [-0.39, 0.29) is 11.4 Å². The van der Waals surface area contributed by atoms with Crippen molar-refractivity contribution in [1.29, 1.82) is 0 Å². The molecule has 1 amide bonds. The highest BCUT2D eigenvalue weighted by molar-refractivity contribution is 5.99. The first-order valence-electron chi connectivity index (χ1n) is 5.62. The van der Waals surface area contributed by atoms with Gasteiger partial charge in [-0.05, 0) is 22.4 Å². The van der Waals surface area contributed by atoms with E-state index in [4.69, 9.17) is 0 Å². The van der Waals surface area contributed by atoms with Crippen LogP contribution in [0.5, 0.6) is 0 Å². The number of hydrogen-bond donors (Lipinski definition) is 1. The average molecular weight is 262 g/mol. The molecule has 0 aliphatic rings. The van der Waals surface area contributed by atoms with Crippen LogP contribution in [0, 0.1) is 10.1 Å². The molecule has 1 N–H and O–H groups in total. The Bertz CT molecular complexity index is 538. The molecule has 0 atom stereocenters. The first-order chi connectivity index (χ1) is 9.08. The Hall–Kier alpha value is -2.57. The molecule has 0 fully saturated rings. The zero-order chi connectivity index (χ0) is 14.3. The van der Waals surface area contributed by atoms with Crippen molar-refractivity contribution in [2.75, 3.05) is 7.05 Å². The third-order valence-corrected chi connectivity index (χ3v) is 2.14. The number of aliphatic imine (C=N–C) groups is 1. The lowest BCUT2D eigenvalue weighted by Gasteiger charge is -2.05. The van der Waals surface area contributed by atoms with Crippen molar-refractivity contribution in [3.05, 3.63) is 45.8 Å². The van der Waals surface area contributed by atoms with Crippen LogP contribution < -0.4 is 5.32 Å². The molecule has 0 unspecified atom stereocenters. The van der Waals surface area contributed by atoms with Gasteiger partial charge in [0.1, 0.15) is 6.20 Å². The molecule has 0 spiro atoms. The van der Waals surface area contributed by atoms with E-state index in [1.807, 2.05) is 6.92 Å². The lowest BCUT2D eigenvalue weighted by Crippen LogP contribution is -2.23. The number of amides is 1. The van der Waals surface area contributed by atoms with Crippen LogP contribution >= 0.6 is 0 Å². The predicted octanol–water partition coefficient (Wildman–Crippen LogP) is 1.71. The molecule has 0 aliphatic carbocycles. The number of carbonyl (C=O) groups is 1. The molecule has 0 aliphatic heterocycles. The molecule has 7 nitrogen and oxygen atoms in total. The fraction of sp³-hybridized carbons (Fsp3) is 0.250. The fourth-order valence-corrected chi connectivity index (χ4v) is 1.36. The van der Waals surface area contributed by atoms with Gasteiger partial charge >= 0.3 is 5.82 Å². The number of pyridine rings is 1. The molecule has 0 aromatic carbocycles. The van der Waals surface area contributed by atoms with Gasteiger partial charge in [0.25, 0.3) is 5.91 Å². The van der Waals surface area contributed by atoms with E-state index in [2.05, 4.69) is 15.3 Å². The number of carbonyl (C=O) groups excluding carboxylic acids is 1. The molecule has 1 heterocycles. The number of nitrogens with zero attached hydrogens (tertiary/aromatic N) is 3. The molecule has 1 aromatic rings. The van der Waals surface area contributed by atoms with E-state index in [1.54, 1.807) is 13.1 Å². The fourth-order valence-electron chi connectivity index (χ4n) is 1.36. The van der Waals surface area contributed by atoms with Crippen LogP contribution in [-0.4, -0.2) is 29.1 Å². The summed E-state index contributed by atoms with van der Waals surface area (Å²) < 4.78 is 0. The molecule has 1 rings (SSSR count). The Morgan fingerprint density at radius 1 is 1.63 bits per heavy atom. The second-order valence-electron chi connectivity index (χ2n) is 3.57. The highest BCUT2D eigenvalue weighted by atomic mass is 16.6. The standard InChI is InChI=1S/C12H14N4O3/c1-3-4-10(8-13-2)15-12(17)9-5-6-14-11(7-9)16(18)19/h4-8H,3H2,1-2H3,(H,15,17)/b10-4+,13-8?. The second kappa shape index (κ2) is 7.00. The third kappa shape index (κ3) is 4.30. The van der Waals surface area contributed by atoms with Crippen molar-refractivity contribution in [2.45, 2.75) is 13.3 Å². The molecular formula is C12H14N4O3. The van der Waals surface area contributed by atoms with E-state index in [9.17, 15) is 14.9 Å². The van der Waals surface area contributed by atoms with Gasteiger partial charge in [-0.3, -0.25) is 9.79 Å². The number of aromatic nitrogens is 1. The van der Waals surface area contributed by atoms with Crippen molar-refractivity contribution in [2.24, 2.45) is 4.99 Å². The molecule has 100 valence electrons. The van der Waals surface area contributed by atoms with Gasteiger partial charge in [-0.1, -0.05) is 13.0 Å². The van der Waals surface area contributed by atoms with Crippen molar-refractivity contribution in [3.63, 3.8) is 0 Å². The van der Waals surface area contributed by atoms with Crippen LogP contribution in [0.2, 0.25) is 0 Å². The summed E-state index contributed by atoms with van der Waals surface area (Å²) in [4.78, 5) is 29.2. The number of nitrogens with one attached hydrogen (secondary N) is 1. The zero-order valence-corrected chi connectivity index (χ0v) is 10.7. The van der Waals surface area contributed by atoms with Crippen LogP contribution in [-0.2, 0) is 0 Å². The van der Waals surface area contributed by atoms with Gasteiger partial charge in [0.05, 0.1) is 11.3 Å². The lowest BCUT2D eigenvalue weighted by atomic mass is 10.2. The van der Waals surface area contributed by atoms with Crippen LogP contribution in [0.25, 0.3) is 0 Å². The van der Waals surface area contributed by atoms with Gasteiger partial charge < -0.3 is 15.4 Å². The van der Waals surface area contributed by atoms with E-state index in [1.165, 1.54) is 18.5 Å². The second-order valence-corrected chi connectivity index (χ2v) is 3.57. The molecule has 19 heavy (non-hydrogen) atoms. The van der Waals surface area contributed by atoms with Gasteiger partial charge in [-0.25, -0.2) is 0 Å². The Kier molecular flexibility index (Phi) is 5.34. The van der Waals surface area contributed by atoms with E-state index >= 15 is 0 Å². The smallest absolute Gasteiger partial charge is 0.358 e. The normalized spacial score (nSPS) is 11.6. The Morgan fingerprint density at radius 3 is 2.95 bits per heavy atom. The van der Waals surface area contributed by atoms with Crippen molar-refractivity contribution in [1.82, 2.24) is 10.3 Å². The average Bonchev–Trinajstić information content (AvgIpc) is 2.39. The minimum atomic E-state index is -0.646. The quantitative estimate of drug-likeness (QED) is 0.496. The predicted molar refractivity (Wildman–Crippen MR) is 71.1 cm³/mol. The van der Waals surface area contributed by atoms with Gasteiger partial charge in [0.2, 0.25) is 0 Å². The third-order valence-electron chi connectivity index (χ3n) is 2.14. The molecule has 0 saturated heterocycles. The van der Waals surface area contributed by atoms with Crippen molar-refractivity contribution in [3.8, 4) is 0 Å². The van der Waals surface area contributed by atoms with E-state index in [0.717, 1.165) is 12.5 Å². The largest absolute Gasteiger partial charge is 0.364 e. The topological polar surface area (TPSA) is 97.5 Å². The highest BCUT2D eigenvalue weighted by Gasteiger charge is 2.13. The maximum absolute atomic E-state index is 11.9. The Labute approximate surface area is 110 Å². The van der Waals surface area contributed by atoms with Crippen LogP contribution in [0.3, 0.4) is 0 Å². The molecule has 0 bridgehead atoms. The monoisotopic (exact) mass is 262 g/mol. The molecule has 1 aromatic heterocycles. The zero-order valence-electron chi connectivity index (χ0n) is 10.7. The van der Waals surface area contributed by atoms with Gasteiger partial charge in [-0.2, -0.15) is 0 Å². The van der Waals surface area contributed by atoms with Crippen LogP contribution in [0.1, 0.15) is 23.7 Å². The molecule has 0 saturated carbocycles. The van der Waals surface area contributed by atoms with Crippen molar-refractivity contribution < 1.29 is 9.72 Å². The minimum absolute atomic E-state index is 0.174. The summed E-state index contributed by atoms with van der Waals surface area (Å²) in [6, 6.07) is 2.54. The summed E-state index contributed by atoms with van der Waals surface area (Å²) in [5.74, 6) is -0.803. The van der Waals surface area contributed by atoms with Crippen LogP contribution in [0.4, 0.5) is 5.82 Å². The number of rotatable bonds is 5. The maximum Gasteiger partial charge on any atom is 0.364 e. The van der Waals surface area contributed by atoms with Crippen LogP contribution in [0.15, 0.2) is 35.1 Å². The van der Waals surface area contributed by atoms with Gasteiger partial charge in [0, 0.05) is 19.3 Å². The SMILES string of the molecule is CC/C=C(\C=NC)NC(=O)c1ccnc([N+](=O)[O-])c1. The van der Waals surface area contributed by atoms with Gasteiger partial charge in [0.15, 0.2) is 0 Å². The molecule has 7 heteroatoms. The van der Waals surface area contributed by atoms with Crippen molar-refractivity contribution >= 4 is 17.9 Å². The highest BCUT2D eigenvalue weighted by Crippen LogP contribution is 2.09. The number of allylic oxidation sites excluding steroid dienone is 2. The summed E-state index contributed by atoms with van der Waals surface area (Å²) in [6.07, 6.45) is 5.26. The summed E-state index contributed by atoms with van der Waals surface area (Å²) in [7, 11) is 1.59. The minimum Gasteiger partial charge on any atom is -0.358 e. The van der Waals surface area contributed by atoms with E-state index < -0.39 is 10.8 Å². The van der Waals surface area contributed by atoms with E-state index in [0.29, 0.717) is 5.70 Å². The summed E-state index contributed by atoms with van der Waals surface area (Å²) in [6.45, 7) is 1.92. The Balaban J connectivity index is 2.91. The first-order valence-corrected chi connectivity index (χ1v) is 5.62. The van der Waals surface area contributed by atoms with Gasteiger partial charge in [-0.15, -0.1) is 0 Å². The molecule has 0 radical (unpaired) electrons. The lowest BCUT2D eigenvalue weighted by molar-refractivity contribution is -0.389. The summed E-state index contributed by atoms with van der Waals surface area (Å²) >= 11 is 0. The first kappa shape index (κ1) is 14.5. The summed E-state index contributed by atoms with van der Waals surface area (Å²) in [5.41, 5.74) is 0.725.